The summed E-state index contributed by atoms with van der Waals surface area (Å²) in [5, 5.41) is 19.5. The summed E-state index contributed by atoms with van der Waals surface area (Å²) in [6, 6.07) is 11.7. The molecule has 5 nitrogen and oxygen atoms in total. The Kier molecular flexibility index (Phi) is 5.98. The molecule has 1 atom stereocenters. The van der Waals surface area contributed by atoms with Crippen LogP contribution in [-0.4, -0.2) is 23.2 Å². The molecule has 152 valence electrons. The van der Waals surface area contributed by atoms with Crippen LogP contribution in [0.4, 0.5) is 0 Å². The van der Waals surface area contributed by atoms with Crippen molar-refractivity contribution in [3.63, 3.8) is 0 Å². The summed E-state index contributed by atoms with van der Waals surface area (Å²) in [4.78, 5) is 0. The zero-order chi connectivity index (χ0) is 21.6. The van der Waals surface area contributed by atoms with E-state index in [1.54, 1.807) is 6.07 Å². The van der Waals surface area contributed by atoms with E-state index >= 15 is 0 Å². The first kappa shape index (κ1) is 22.0. The fourth-order valence-electron chi connectivity index (χ4n) is 3.16. The molecule has 3 aromatic rings. The highest BCUT2D eigenvalue weighted by Gasteiger charge is 2.51. The minimum Gasteiger partial charge on any atom is -0.506 e. The molecule has 0 saturated heterocycles. The van der Waals surface area contributed by atoms with E-state index in [1.165, 1.54) is 24.3 Å². The molecular weight excluding hydrogens is 482 g/mol. The largest absolute Gasteiger partial charge is 0.506 e. The molecule has 29 heavy (non-hydrogen) atoms. The van der Waals surface area contributed by atoms with Crippen LogP contribution in [0, 0.1) is 0 Å². The predicted octanol–water partition coefficient (Wildman–Crippen LogP) is 5.89. The van der Waals surface area contributed by atoms with Gasteiger partial charge in [-0.3, -0.25) is 4.55 Å². The molecular formula is C19H12Cl4O5S. The molecule has 0 amide bonds. The Bertz CT molecular complexity index is 1210. The van der Waals surface area contributed by atoms with Crippen molar-refractivity contribution in [3.05, 3.63) is 91.4 Å². The van der Waals surface area contributed by atoms with E-state index < -0.39 is 20.6 Å². The van der Waals surface area contributed by atoms with Crippen LogP contribution in [0.5, 0.6) is 11.5 Å². The summed E-state index contributed by atoms with van der Waals surface area (Å²) in [5.74, 6) is -0.764. The lowest BCUT2D eigenvalue weighted by Crippen LogP contribution is -2.38. The predicted molar refractivity (Wildman–Crippen MR) is 114 cm³/mol. The highest BCUT2D eigenvalue weighted by atomic mass is 35.5. The van der Waals surface area contributed by atoms with Gasteiger partial charge >= 0.3 is 0 Å². The standard InChI is InChI=1S/C19H12Cl4O5S/c20-13-4-2-1-3-11(13)19(29(26,27)28,10-5-6-17(24)15(22)7-10)12-8-18(25)16(23)9-14(12)21/h1-9,24-25H,(H,26,27,28). The second-order valence-corrected chi connectivity index (χ2v) is 9.28. The van der Waals surface area contributed by atoms with Gasteiger partial charge in [0.25, 0.3) is 10.1 Å². The van der Waals surface area contributed by atoms with Crippen LogP contribution in [-0.2, 0) is 14.9 Å². The molecule has 0 bridgehead atoms. The molecule has 0 saturated carbocycles. The molecule has 0 aromatic heterocycles. The number of hydrogen-bond acceptors (Lipinski definition) is 4. The van der Waals surface area contributed by atoms with Gasteiger partial charge in [-0.1, -0.05) is 70.7 Å². The summed E-state index contributed by atoms with van der Waals surface area (Å²) in [7, 11) is -5.05. The Morgan fingerprint density at radius 3 is 1.90 bits per heavy atom. The molecule has 0 heterocycles. The minimum atomic E-state index is -5.05. The van der Waals surface area contributed by atoms with Crippen LogP contribution in [0.2, 0.25) is 20.1 Å². The summed E-state index contributed by atoms with van der Waals surface area (Å²) in [6.07, 6.45) is 0. The average Bonchev–Trinajstić information content (AvgIpc) is 2.63. The summed E-state index contributed by atoms with van der Waals surface area (Å²) >= 11 is 24.5. The van der Waals surface area contributed by atoms with Gasteiger partial charge < -0.3 is 10.2 Å². The number of phenolic OH excluding ortho intramolecular Hbond substituents is 2. The molecule has 3 rings (SSSR count). The monoisotopic (exact) mass is 492 g/mol. The number of phenols is 2. The van der Waals surface area contributed by atoms with E-state index in [0.29, 0.717) is 0 Å². The Balaban J connectivity index is 2.61. The molecule has 3 N–H and O–H groups in total. The van der Waals surface area contributed by atoms with Gasteiger partial charge in [0.15, 0.2) is 4.75 Å². The van der Waals surface area contributed by atoms with E-state index in [0.717, 1.165) is 24.3 Å². The quantitative estimate of drug-likeness (QED) is 0.311. The lowest BCUT2D eigenvalue weighted by molar-refractivity contribution is 0.455. The summed E-state index contributed by atoms with van der Waals surface area (Å²) < 4.78 is 34.0. The van der Waals surface area contributed by atoms with Gasteiger partial charge in [0.1, 0.15) is 11.5 Å². The van der Waals surface area contributed by atoms with Gasteiger partial charge in [-0.2, -0.15) is 8.42 Å². The SMILES string of the molecule is O=S(=O)(O)C(c1ccc(O)c(Cl)c1)(c1ccccc1Cl)c1cc(O)c(Cl)cc1Cl. The van der Waals surface area contributed by atoms with Crippen molar-refractivity contribution in [1.29, 1.82) is 0 Å². The van der Waals surface area contributed by atoms with Crippen LogP contribution < -0.4 is 0 Å². The molecule has 0 aliphatic carbocycles. The van der Waals surface area contributed by atoms with Crippen LogP contribution in [0.25, 0.3) is 0 Å². The molecule has 0 spiro atoms. The molecule has 0 radical (unpaired) electrons. The second kappa shape index (κ2) is 7.87. The van der Waals surface area contributed by atoms with Gasteiger partial charge in [-0.05, 0) is 35.9 Å². The van der Waals surface area contributed by atoms with Crippen molar-refractivity contribution >= 4 is 56.5 Å². The first-order chi connectivity index (χ1) is 13.5. The van der Waals surface area contributed by atoms with Crippen LogP contribution >= 0.6 is 46.4 Å². The van der Waals surface area contributed by atoms with Gasteiger partial charge in [0, 0.05) is 21.2 Å². The topological polar surface area (TPSA) is 94.8 Å². The fourth-order valence-corrected chi connectivity index (χ4v) is 5.59. The molecule has 1 unspecified atom stereocenters. The van der Waals surface area contributed by atoms with Gasteiger partial charge in [-0.15, -0.1) is 0 Å². The smallest absolute Gasteiger partial charge is 0.283 e. The summed E-state index contributed by atoms with van der Waals surface area (Å²) in [5.41, 5.74) is -0.326. The Morgan fingerprint density at radius 1 is 0.690 bits per heavy atom. The third kappa shape index (κ3) is 3.65. The highest BCUT2D eigenvalue weighted by Crippen LogP contribution is 2.50. The van der Waals surface area contributed by atoms with Gasteiger partial charge in [0.2, 0.25) is 0 Å². The van der Waals surface area contributed by atoms with E-state index in [4.69, 9.17) is 46.4 Å². The molecule has 0 aliphatic heterocycles. The van der Waals surface area contributed by atoms with E-state index in [2.05, 4.69) is 0 Å². The lowest BCUT2D eigenvalue weighted by atomic mass is 9.83. The van der Waals surface area contributed by atoms with Crippen molar-refractivity contribution in [1.82, 2.24) is 0 Å². The van der Waals surface area contributed by atoms with Crippen molar-refractivity contribution in [2.45, 2.75) is 4.75 Å². The van der Waals surface area contributed by atoms with Crippen molar-refractivity contribution in [2.75, 3.05) is 0 Å². The second-order valence-electron chi connectivity index (χ2n) is 6.09. The van der Waals surface area contributed by atoms with E-state index in [1.807, 2.05) is 0 Å². The normalized spacial score (nSPS) is 13.8. The Labute approximate surface area is 186 Å². The van der Waals surface area contributed by atoms with E-state index in [-0.39, 0.29) is 42.5 Å². The maximum atomic E-state index is 13.0. The van der Waals surface area contributed by atoms with Crippen molar-refractivity contribution in [2.24, 2.45) is 0 Å². The Hall–Kier alpha value is -1.67. The van der Waals surface area contributed by atoms with Crippen LogP contribution in [0.3, 0.4) is 0 Å². The number of rotatable bonds is 4. The third-order valence-electron chi connectivity index (χ3n) is 4.41. The first-order valence-electron chi connectivity index (χ1n) is 7.89. The highest BCUT2D eigenvalue weighted by molar-refractivity contribution is 7.87. The van der Waals surface area contributed by atoms with E-state index in [9.17, 15) is 23.2 Å². The maximum absolute atomic E-state index is 13.0. The van der Waals surface area contributed by atoms with Crippen molar-refractivity contribution in [3.8, 4) is 11.5 Å². The first-order valence-corrected chi connectivity index (χ1v) is 10.8. The zero-order valence-corrected chi connectivity index (χ0v) is 18.1. The Morgan fingerprint density at radius 2 is 1.31 bits per heavy atom. The molecule has 0 aliphatic rings. The molecule has 3 aromatic carbocycles. The third-order valence-corrected chi connectivity index (χ3v) is 7.11. The lowest BCUT2D eigenvalue weighted by Gasteiger charge is -2.34. The number of hydrogen-bond donors (Lipinski definition) is 3. The minimum absolute atomic E-state index is 0.000158. The molecule has 0 fully saturated rings. The zero-order valence-electron chi connectivity index (χ0n) is 14.3. The van der Waals surface area contributed by atoms with Gasteiger partial charge in [-0.25, -0.2) is 0 Å². The fraction of sp³-hybridized carbons (Fsp3) is 0.0526. The maximum Gasteiger partial charge on any atom is 0.283 e. The average molecular weight is 494 g/mol. The molecule has 10 heteroatoms. The van der Waals surface area contributed by atoms with Crippen LogP contribution in [0.15, 0.2) is 54.6 Å². The van der Waals surface area contributed by atoms with Crippen LogP contribution in [0.1, 0.15) is 16.7 Å². The van der Waals surface area contributed by atoms with Gasteiger partial charge in [0.05, 0.1) is 10.0 Å². The van der Waals surface area contributed by atoms with Crippen molar-refractivity contribution < 1.29 is 23.2 Å². The number of benzene rings is 3. The summed E-state index contributed by atoms with van der Waals surface area (Å²) in [6.45, 7) is 0. The number of aromatic hydroxyl groups is 2. The number of halogens is 4.